The molecule has 0 atom stereocenters. The Bertz CT molecular complexity index is 342. The summed E-state index contributed by atoms with van der Waals surface area (Å²) in [5.74, 6) is -0.0818. The second-order valence-electron chi connectivity index (χ2n) is 4.04. The van der Waals surface area contributed by atoms with E-state index < -0.39 is 5.97 Å². The molecule has 0 aromatic carbocycles. The van der Waals surface area contributed by atoms with E-state index in [0.717, 1.165) is 5.69 Å². The van der Waals surface area contributed by atoms with Crippen molar-refractivity contribution in [2.45, 2.75) is 44.4 Å². The molecule has 0 radical (unpaired) electrons. The summed E-state index contributed by atoms with van der Waals surface area (Å²) in [6.45, 7) is 0. The van der Waals surface area contributed by atoms with Crippen molar-refractivity contribution in [1.82, 2.24) is 4.98 Å². The van der Waals surface area contributed by atoms with Gasteiger partial charge in [-0.15, -0.1) is 11.3 Å². The minimum Gasteiger partial charge on any atom is -0.481 e. The third-order valence-electron chi connectivity index (χ3n) is 2.97. The van der Waals surface area contributed by atoms with Crippen LogP contribution in [0.2, 0.25) is 0 Å². The number of aromatic nitrogens is 1. The first-order chi connectivity index (χ1) is 7.27. The van der Waals surface area contributed by atoms with E-state index in [1.54, 1.807) is 11.3 Å². The number of hydrogen-bond acceptors (Lipinski definition) is 3. The predicted octanol–water partition coefficient (Wildman–Crippen LogP) is 2.82. The van der Waals surface area contributed by atoms with Crippen LogP contribution in [0, 0.1) is 0 Å². The van der Waals surface area contributed by atoms with Gasteiger partial charge < -0.3 is 5.11 Å². The van der Waals surface area contributed by atoms with E-state index in [4.69, 9.17) is 5.11 Å². The van der Waals surface area contributed by atoms with Crippen molar-refractivity contribution in [3.05, 3.63) is 16.1 Å². The summed E-state index contributed by atoms with van der Waals surface area (Å²) in [5, 5.41) is 8.64. The highest BCUT2D eigenvalue weighted by Crippen LogP contribution is 2.37. The molecular formula is C11H15NO2S. The summed E-state index contributed by atoms with van der Waals surface area (Å²) in [6, 6.07) is 0. The zero-order valence-electron chi connectivity index (χ0n) is 8.61. The van der Waals surface area contributed by atoms with Crippen molar-refractivity contribution in [1.29, 1.82) is 0 Å². The number of aliphatic carboxylic acids is 1. The Morgan fingerprint density at radius 1 is 1.53 bits per heavy atom. The topological polar surface area (TPSA) is 50.2 Å². The molecule has 0 amide bonds. The third kappa shape index (κ3) is 2.56. The molecule has 0 unspecified atom stereocenters. The second-order valence-corrected chi connectivity index (χ2v) is 4.92. The van der Waals surface area contributed by atoms with Gasteiger partial charge in [-0.3, -0.25) is 4.79 Å². The van der Waals surface area contributed by atoms with Gasteiger partial charge in [0.15, 0.2) is 0 Å². The zero-order valence-corrected chi connectivity index (χ0v) is 9.42. The van der Waals surface area contributed by atoms with Crippen molar-refractivity contribution in [2.75, 3.05) is 0 Å². The highest BCUT2D eigenvalue weighted by Gasteiger charge is 2.21. The lowest BCUT2D eigenvalue weighted by Crippen LogP contribution is -2.01. The van der Waals surface area contributed by atoms with Gasteiger partial charge in [-0.25, -0.2) is 4.98 Å². The number of nitrogens with zero attached hydrogens (tertiary/aromatic N) is 1. The number of carboxylic acid groups (broad SMARTS) is 1. The minimum absolute atomic E-state index is 0.198. The first kappa shape index (κ1) is 10.6. The Morgan fingerprint density at radius 3 is 2.93 bits per heavy atom. The van der Waals surface area contributed by atoms with Crippen molar-refractivity contribution in [2.24, 2.45) is 0 Å². The number of aryl methyl sites for hydroxylation is 1. The van der Waals surface area contributed by atoms with Gasteiger partial charge >= 0.3 is 5.97 Å². The maximum Gasteiger partial charge on any atom is 0.303 e. The van der Waals surface area contributed by atoms with E-state index in [1.807, 2.05) is 5.51 Å². The molecule has 1 aromatic heterocycles. The first-order valence-electron chi connectivity index (χ1n) is 5.41. The Balaban J connectivity index is 2.04. The number of carboxylic acids is 1. The van der Waals surface area contributed by atoms with Crippen LogP contribution in [0.3, 0.4) is 0 Å². The smallest absolute Gasteiger partial charge is 0.303 e. The van der Waals surface area contributed by atoms with Gasteiger partial charge in [0.2, 0.25) is 0 Å². The maximum atomic E-state index is 10.5. The lowest BCUT2D eigenvalue weighted by atomic mass is 10.0. The Labute approximate surface area is 93.2 Å². The summed E-state index contributed by atoms with van der Waals surface area (Å²) < 4.78 is 0. The molecule has 82 valence electrons. The molecule has 1 fully saturated rings. The molecule has 1 aliphatic rings. The molecule has 3 nitrogen and oxygen atoms in total. The standard InChI is InChI=1S/C11H15NO2S/c13-10(14)6-5-9-11(15-7-12-9)8-3-1-2-4-8/h7-8H,1-6H2,(H,13,14). The highest BCUT2D eigenvalue weighted by atomic mass is 32.1. The van der Waals surface area contributed by atoms with Crippen LogP contribution in [0.5, 0.6) is 0 Å². The molecule has 1 aromatic rings. The number of hydrogen-bond donors (Lipinski definition) is 1. The van der Waals surface area contributed by atoms with Crippen molar-refractivity contribution >= 4 is 17.3 Å². The third-order valence-corrected chi connectivity index (χ3v) is 4.01. The van der Waals surface area contributed by atoms with Gasteiger partial charge in [0.05, 0.1) is 17.6 Å². The van der Waals surface area contributed by atoms with E-state index in [-0.39, 0.29) is 6.42 Å². The van der Waals surface area contributed by atoms with Gasteiger partial charge in [0.25, 0.3) is 0 Å². The molecule has 0 spiro atoms. The monoisotopic (exact) mass is 225 g/mol. The van der Waals surface area contributed by atoms with Gasteiger partial charge in [0.1, 0.15) is 0 Å². The fourth-order valence-corrected chi connectivity index (χ4v) is 3.22. The van der Waals surface area contributed by atoms with Crippen molar-refractivity contribution < 1.29 is 9.90 Å². The molecule has 15 heavy (non-hydrogen) atoms. The molecule has 0 saturated heterocycles. The van der Waals surface area contributed by atoms with Gasteiger partial charge in [-0.2, -0.15) is 0 Å². The average molecular weight is 225 g/mol. The number of carbonyl (C=O) groups is 1. The Kier molecular flexibility index (Phi) is 3.36. The van der Waals surface area contributed by atoms with Crippen LogP contribution >= 0.6 is 11.3 Å². The molecular weight excluding hydrogens is 210 g/mol. The molecule has 4 heteroatoms. The molecule has 0 bridgehead atoms. The summed E-state index contributed by atoms with van der Waals surface area (Å²) in [4.78, 5) is 16.1. The van der Waals surface area contributed by atoms with Crippen LogP contribution < -0.4 is 0 Å². The number of thiazole rings is 1. The first-order valence-corrected chi connectivity index (χ1v) is 6.29. The van der Waals surface area contributed by atoms with E-state index in [1.165, 1.54) is 30.6 Å². The fourth-order valence-electron chi connectivity index (χ4n) is 2.21. The van der Waals surface area contributed by atoms with E-state index in [2.05, 4.69) is 4.98 Å². The minimum atomic E-state index is -0.736. The molecule has 1 N–H and O–H groups in total. The second kappa shape index (κ2) is 4.75. The summed E-state index contributed by atoms with van der Waals surface area (Å²) in [5.41, 5.74) is 2.87. The van der Waals surface area contributed by atoms with Crippen LogP contribution in [-0.4, -0.2) is 16.1 Å². The average Bonchev–Trinajstić information content (AvgIpc) is 2.85. The van der Waals surface area contributed by atoms with Crippen molar-refractivity contribution in [3.63, 3.8) is 0 Å². The molecule has 2 rings (SSSR count). The van der Waals surface area contributed by atoms with Crippen LogP contribution in [-0.2, 0) is 11.2 Å². The lowest BCUT2D eigenvalue weighted by Gasteiger charge is -2.07. The predicted molar refractivity (Wildman–Crippen MR) is 59.3 cm³/mol. The van der Waals surface area contributed by atoms with Crippen LogP contribution in [0.15, 0.2) is 5.51 Å². The zero-order chi connectivity index (χ0) is 10.7. The van der Waals surface area contributed by atoms with Crippen LogP contribution in [0.4, 0.5) is 0 Å². The quantitative estimate of drug-likeness (QED) is 0.857. The summed E-state index contributed by atoms with van der Waals surface area (Å²) in [6.07, 6.45) is 5.90. The molecule has 1 heterocycles. The fraction of sp³-hybridized carbons (Fsp3) is 0.636. The summed E-state index contributed by atoms with van der Waals surface area (Å²) >= 11 is 1.69. The van der Waals surface area contributed by atoms with Gasteiger partial charge in [-0.1, -0.05) is 12.8 Å². The van der Waals surface area contributed by atoms with Crippen LogP contribution in [0.25, 0.3) is 0 Å². The number of rotatable bonds is 4. The normalized spacial score (nSPS) is 17.1. The lowest BCUT2D eigenvalue weighted by molar-refractivity contribution is -0.136. The Hall–Kier alpha value is -0.900. The molecule has 1 aliphatic carbocycles. The SMILES string of the molecule is O=C(O)CCc1ncsc1C1CCCC1. The largest absolute Gasteiger partial charge is 0.481 e. The van der Waals surface area contributed by atoms with Crippen LogP contribution in [0.1, 0.15) is 48.6 Å². The Morgan fingerprint density at radius 2 is 2.27 bits per heavy atom. The van der Waals surface area contributed by atoms with E-state index in [0.29, 0.717) is 12.3 Å². The molecule has 0 aliphatic heterocycles. The van der Waals surface area contributed by atoms with E-state index >= 15 is 0 Å². The van der Waals surface area contributed by atoms with Gasteiger partial charge in [0, 0.05) is 11.3 Å². The van der Waals surface area contributed by atoms with Gasteiger partial charge in [-0.05, 0) is 18.8 Å². The highest BCUT2D eigenvalue weighted by molar-refractivity contribution is 7.09. The van der Waals surface area contributed by atoms with Crippen molar-refractivity contribution in [3.8, 4) is 0 Å². The molecule has 1 saturated carbocycles. The maximum absolute atomic E-state index is 10.5. The summed E-state index contributed by atoms with van der Waals surface area (Å²) in [7, 11) is 0. The van der Waals surface area contributed by atoms with E-state index in [9.17, 15) is 4.79 Å².